The van der Waals surface area contributed by atoms with Crippen LogP contribution in [0, 0.1) is 0 Å². The first-order chi connectivity index (χ1) is 7.15. The lowest BCUT2D eigenvalue weighted by atomic mass is 10.3. The Hall–Kier alpha value is -1.58. The Balaban J connectivity index is 4.25. The number of carbonyl (C=O) groups excluding carboxylic acids is 2. The fourth-order valence-electron chi connectivity index (χ4n) is 1.03. The molecule has 0 aromatic rings. The molecule has 0 saturated heterocycles. The Labute approximate surface area is 90.2 Å². The minimum absolute atomic E-state index is 0.0352. The van der Waals surface area contributed by atoms with Gasteiger partial charge in [0.1, 0.15) is 6.54 Å². The number of esters is 1. The van der Waals surface area contributed by atoms with Crippen LogP contribution in [0.15, 0.2) is 25.3 Å². The average molecular weight is 211 g/mol. The highest BCUT2D eigenvalue weighted by Gasteiger charge is 2.14. The van der Waals surface area contributed by atoms with Gasteiger partial charge in [-0.3, -0.25) is 9.59 Å². The summed E-state index contributed by atoms with van der Waals surface area (Å²) in [6.07, 6.45) is 3.29. The number of rotatable bonds is 7. The second-order valence-electron chi connectivity index (χ2n) is 2.86. The van der Waals surface area contributed by atoms with Gasteiger partial charge in [-0.25, -0.2) is 0 Å². The van der Waals surface area contributed by atoms with Crippen molar-refractivity contribution in [3.05, 3.63) is 25.3 Å². The van der Waals surface area contributed by atoms with Crippen LogP contribution < -0.4 is 0 Å². The zero-order valence-corrected chi connectivity index (χ0v) is 9.07. The van der Waals surface area contributed by atoms with Crippen LogP contribution in [0.2, 0.25) is 0 Å². The van der Waals surface area contributed by atoms with Gasteiger partial charge in [0.25, 0.3) is 0 Å². The van der Waals surface area contributed by atoms with Crippen molar-refractivity contribution in [2.45, 2.75) is 13.3 Å². The van der Waals surface area contributed by atoms with Crippen LogP contribution in [0.3, 0.4) is 0 Å². The zero-order valence-electron chi connectivity index (χ0n) is 9.07. The van der Waals surface area contributed by atoms with Crippen LogP contribution in [0.1, 0.15) is 13.3 Å². The van der Waals surface area contributed by atoms with Gasteiger partial charge in [-0.1, -0.05) is 12.2 Å². The van der Waals surface area contributed by atoms with Gasteiger partial charge in [-0.05, 0) is 6.92 Å². The van der Waals surface area contributed by atoms with E-state index in [1.54, 1.807) is 13.0 Å². The van der Waals surface area contributed by atoms with E-state index < -0.39 is 5.97 Å². The van der Waals surface area contributed by atoms with Gasteiger partial charge in [0.2, 0.25) is 5.91 Å². The van der Waals surface area contributed by atoms with Crippen LogP contribution >= 0.6 is 0 Å². The van der Waals surface area contributed by atoms with Crippen molar-refractivity contribution in [3.8, 4) is 0 Å². The molecule has 0 aromatic heterocycles. The maximum atomic E-state index is 11.5. The van der Waals surface area contributed by atoms with Crippen molar-refractivity contribution >= 4 is 11.9 Å². The minimum Gasteiger partial charge on any atom is -0.465 e. The van der Waals surface area contributed by atoms with Gasteiger partial charge in [0, 0.05) is 13.0 Å². The number of ether oxygens (including phenoxy) is 1. The maximum absolute atomic E-state index is 11.5. The third-order valence-corrected chi connectivity index (χ3v) is 1.65. The number of hydrogen-bond donors (Lipinski definition) is 0. The second kappa shape index (κ2) is 7.79. The Morgan fingerprint density at radius 3 is 2.47 bits per heavy atom. The third-order valence-electron chi connectivity index (χ3n) is 1.65. The summed E-state index contributed by atoms with van der Waals surface area (Å²) in [6, 6.07) is 0. The number of nitrogens with zero attached hydrogens (tertiary/aromatic N) is 1. The van der Waals surface area contributed by atoms with E-state index in [0.29, 0.717) is 13.2 Å². The molecule has 4 nitrogen and oxygen atoms in total. The molecule has 0 heterocycles. The van der Waals surface area contributed by atoms with E-state index in [2.05, 4.69) is 13.2 Å². The third kappa shape index (κ3) is 5.67. The average Bonchev–Trinajstić information content (AvgIpc) is 2.18. The smallest absolute Gasteiger partial charge is 0.325 e. The number of amides is 1. The lowest BCUT2D eigenvalue weighted by Crippen LogP contribution is -2.36. The molecule has 0 radical (unpaired) electrons. The molecule has 0 aromatic carbocycles. The monoisotopic (exact) mass is 211 g/mol. The van der Waals surface area contributed by atoms with Gasteiger partial charge in [0.15, 0.2) is 0 Å². The quantitative estimate of drug-likeness (QED) is 0.468. The standard InChI is InChI=1S/C11H17NO3/c1-4-7-10(13)12(8-5-2)9-11(14)15-6-3/h4-5H,1-2,6-9H2,3H3. The van der Waals surface area contributed by atoms with Crippen molar-refractivity contribution in [3.63, 3.8) is 0 Å². The van der Waals surface area contributed by atoms with Gasteiger partial charge in [-0.15, -0.1) is 13.2 Å². The van der Waals surface area contributed by atoms with Gasteiger partial charge in [0.05, 0.1) is 6.61 Å². The summed E-state index contributed by atoms with van der Waals surface area (Å²) >= 11 is 0. The first kappa shape index (κ1) is 13.4. The zero-order chi connectivity index (χ0) is 11.7. The largest absolute Gasteiger partial charge is 0.465 e. The molecule has 0 aliphatic carbocycles. The van der Waals surface area contributed by atoms with Crippen LogP contribution in [-0.2, 0) is 14.3 Å². The lowest BCUT2D eigenvalue weighted by Gasteiger charge is -2.19. The fourth-order valence-corrected chi connectivity index (χ4v) is 1.03. The van der Waals surface area contributed by atoms with Crippen molar-refractivity contribution in [1.82, 2.24) is 4.90 Å². The Morgan fingerprint density at radius 1 is 1.33 bits per heavy atom. The summed E-state index contributed by atoms with van der Waals surface area (Å²) < 4.78 is 4.75. The molecule has 0 spiro atoms. The molecule has 0 fully saturated rings. The Morgan fingerprint density at radius 2 is 2.00 bits per heavy atom. The van der Waals surface area contributed by atoms with Crippen LogP contribution in [0.5, 0.6) is 0 Å². The summed E-state index contributed by atoms with van der Waals surface area (Å²) in [5, 5.41) is 0. The molecular formula is C11H17NO3. The van der Waals surface area contributed by atoms with Crippen LogP contribution in [0.4, 0.5) is 0 Å². The molecule has 0 saturated carbocycles. The number of carbonyl (C=O) groups is 2. The van der Waals surface area contributed by atoms with E-state index in [1.807, 2.05) is 0 Å². The van der Waals surface area contributed by atoms with E-state index >= 15 is 0 Å². The van der Waals surface area contributed by atoms with Gasteiger partial charge >= 0.3 is 5.97 Å². The van der Waals surface area contributed by atoms with E-state index in [4.69, 9.17) is 4.74 Å². The molecule has 0 rings (SSSR count). The molecule has 0 aliphatic rings. The Bertz CT molecular complexity index is 248. The molecule has 15 heavy (non-hydrogen) atoms. The van der Waals surface area contributed by atoms with Gasteiger partial charge in [-0.2, -0.15) is 0 Å². The summed E-state index contributed by atoms with van der Waals surface area (Å²) in [5.41, 5.74) is 0. The molecular weight excluding hydrogens is 194 g/mol. The molecule has 4 heteroatoms. The summed E-state index contributed by atoms with van der Waals surface area (Å²) in [4.78, 5) is 24.0. The van der Waals surface area contributed by atoms with Gasteiger partial charge < -0.3 is 9.64 Å². The first-order valence-corrected chi connectivity index (χ1v) is 4.80. The summed E-state index contributed by atoms with van der Waals surface area (Å²) in [6.45, 7) is 9.34. The molecule has 84 valence electrons. The number of hydrogen-bond acceptors (Lipinski definition) is 3. The predicted octanol–water partition coefficient (Wildman–Crippen LogP) is 1.14. The summed E-state index contributed by atoms with van der Waals surface area (Å²) in [7, 11) is 0. The SMILES string of the molecule is C=CCC(=O)N(CC=C)CC(=O)OCC. The molecule has 0 bridgehead atoms. The van der Waals surface area contributed by atoms with Crippen molar-refractivity contribution < 1.29 is 14.3 Å². The molecule has 0 N–H and O–H groups in total. The predicted molar refractivity (Wildman–Crippen MR) is 58.2 cm³/mol. The minimum atomic E-state index is -0.406. The van der Waals surface area contributed by atoms with Crippen LogP contribution in [-0.4, -0.2) is 36.5 Å². The summed E-state index contributed by atoms with van der Waals surface area (Å²) in [5.74, 6) is -0.560. The molecule has 0 unspecified atom stereocenters. The molecule has 0 aliphatic heterocycles. The van der Waals surface area contributed by atoms with Crippen molar-refractivity contribution in [2.75, 3.05) is 19.7 Å². The first-order valence-electron chi connectivity index (χ1n) is 4.80. The van der Waals surface area contributed by atoms with Crippen molar-refractivity contribution in [1.29, 1.82) is 0 Å². The fraction of sp³-hybridized carbons (Fsp3) is 0.455. The Kier molecular flexibility index (Phi) is 6.97. The van der Waals surface area contributed by atoms with E-state index in [9.17, 15) is 9.59 Å². The highest BCUT2D eigenvalue weighted by Crippen LogP contribution is 1.96. The normalized spacial score (nSPS) is 9.13. The molecule has 1 amide bonds. The van der Waals surface area contributed by atoms with E-state index in [0.717, 1.165) is 0 Å². The van der Waals surface area contributed by atoms with E-state index in [1.165, 1.54) is 11.0 Å². The van der Waals surface area contributed by atoms with Crippen LogP contribution in [0.25, 0.3) is 0 Å². The highest BCUT2D eigenvalue weighted by atomic mass is 16.5. The molecule has 0 atom stereocenters. The topological polar surface area (TPSA) is 46.6 Å². The highest BCUT2D eigenvalue weighted by molar-refractivity contribution is 5.83. The maximum Gasteiger partial charge on any atom is 0.325 e. The lowest BCUT2D eigenvalue weighted by molar-refractivity contribution is -0.148. The second-order valence-corrected chi connectivity index (χ2v) is 2.86. The van der Waals surface area contributed by atoms with E-state index in [-0.39, 0.29) is 18.9 Å². The van der Waals surface area contributed by atoms with Crippen molar-refractivity contribution in [2.24, 2.45) is 0 Å².